The Hall–Kier alpha value is -3.00. The second-order valence-corrected chi connectivity index (χ2v) is 5.78. The van der Waals surface area contributed by atoms with E-state index in [2.05, 4.69) is 21.8 Å². The fourth-order valence-corrected chi connectivity index (χ4v) is 2.87. The first kappa shape index (κ1) is 14.6. The second-order valence-electron chi connectivity index (χ2n) is 5.78. The highest BCUT2D eigenvalue weighted by atomic mass is 19.1. The van der Waals surface area contributed by atoms with Gasteiger partial charge in [0.15, 0.2) is 0 Å². The van der Waals surface area contributed by atoms with Gasteiger partial charge in [0, 0.05) is 18.2 Å². The summed E-state index contributed by atoms with van der Waals surface area (Å²) in [5, 5.41) is 0.497. The summed E-state index contributed by atoms with van der Waals surface area (Å²) in [6, 6.07) is 10.8. The zero-order valence-electron chi connectivity index (χ0n) is 12.9. The zero-order chi connectivity index (χ0) is 16.5. The van der Waals surface area contributed by atoms with Crippen LogP contribution in [0.1, 0.15) is 23.5 Å². The monoisotopic (exact) mass is 319 g/mol. The Kier molecular flexibility index (Phi) is 3.58. The first-order valence-corrected chi connectivity index (χ1v) is 7.81. The van der Waals surface area contributed by atoms with Crippen molar-refractivity contribution in [2.45, 2.75) is 25.6 Å². The Balaban J connectivity index is 1.78. The maximum Gasteiger partial charge on any atom is 0.261 e. The quantitative estimate of drug-likeness (QED) is 0.598. The lowest BCUT2D eigenvalue weighted by atomic mass is 10.1. The summed E-state index contributed by atoms with van der Waals surface area (Å²) in [7, 11) is 0. The van der Waals surface area contributed by atoms with E-state index in [1.807, 2.05) is 18.2 Å². The molecule has 1 aromatic carbocycles. The zero-order valence-corrected chi connectivity index (χ0v) is 12.9. The van der Waals surface area contributed by atoms with E-state index in [9.17, 15) is 9.18 Å². The molecule has 4 nitrogen and oxygen atoms in total. The first-order chi connectivity index (χ1) is 11.7. The van der Waals surface area contributed by atoms with Crippen molar-refractivity contribution >= 4 is 10.9 Å². The number of nitrogens with zero attached hydrogens (tertiary/aromatic N) is 3. The summed E-state index contributed by atoms with van der Waals surface area (Å²) >= 11 is 0. The molecule has 0 aliphatic carbocycles. The van der Waals surface area contributed by atoms with Gasteiger partial charge in [-0.05, 0) is 42.7 Å². The van der Waals surface area contributed by atoms with Crippen LogP contribution in [-0.2, 0) is 13.0 Å². The average Bonchev–Trinajstić information content (AvgIpc) is 2.61. The van der Waals surface area contributed by atoms with Crippen LogP contribution in [0.3, 0.4) is 0 Å². The number of rotatable bonds is 0. The SMILES string of the molecule is O=c1c2ccc(C#Cc3ccccn3)cc2nc2n1CC(F)CC2. The third-order valence-electron chi connectivity index (χ3n) is 4.10. The van der Waals surface area contributed by atoms with Gasteiger partial charge in [-0.3, -0.25) is 9.36 Å². The number of alkyl halides is 1. The van der Waals surface area contributed by atoms with Gasteiger partial charge in [-0.1, -0.05) is 12.0 Å². The highest BCUT2D eigenvalue weighted by Crippen LogP contribution is 2.17. The van der Waals surface area contributed by atoms with Crippen LogP contribution >= 0.6 is 0 Å². The molecular weight excluding hydrogens is 305 g/mol. The summed E-state index contributed by atoms with van der Waals surface area (Å²) in [5.74, 6) is 6.67. The number of hydrogen-bond acceptors (Lipinski definition) is 3. The van der Waals surface area contributed by atoms with Crippen molar-refractivity contribution < 1.29 is 4.39 Å². The Morgan fingerprint density at radius 3 is 2.96 bits per heavy atom. The minimum atomic E-state index is -0.974. The van der Waals surface area contributed by atoms with E-state index in [4.69, 9.17) is 0 Å². The third-order valence-corrected chi connectivity index (χ3v) is 4.10. The predicted molar refractivity (Wildman–Crippen MR) is 89.4 cm³/mol. The number of halogens is 1. The van der Waals surface area contributed by atoms with Crippen molar-refractivity contribution in [1.29, 1.82) is 0 Å². The molecule has 1 aliphatic rings. The van der Waals surface area contributed by atoms with Crippen LogP contribution in [0, 0.1) is 11.8 Å². The van der Waals surface area contributed by atoms with Gasteiger partial charge >= 0.3 is 0 Å². The molecule has 118 valence electrons. The van der Waals surface area contributed by atoms with Crippen LogP contribution in [0.2, 0.25) is 0 Å². The number of fused-ring (bicyclic) bond motifs is 2. The molecule has 1 unspecified atom stereocenters. The molecule has 0 spiro atoms. The molecule has 2 aromatic heterocycles. The molecule has 24 heavy (non-hydrogen) atoms. The molecule has 1 atom stereocenters. The topological polar surface area (TPSA) is 47.8 Å². The number of aryl methyl sites for hydroxylation is 1. The van der Waals surface area contributed by atoms with Gasteiger partial charge in [-0.15, -0.1) is 0 Å². The molecule has 0 bridgehead atoms. The number of aromatic nitrogens is 3. The molecule has 0 saturated heterocycles. The van der Waals surface area contributed by atoms with Gasteiger partial charge in [0.2, 0.25) is 0 Å². The lowest BCUT2D eigenvalue weighted by molar-refractivity contribution is 0.248. The summed E-state index contributed by atoms with van der Waals surface area (Å²) < 4.78 is 15.0. The Morgan fingerprint density at radius 2 is 2.12 bits per heavy atom. The summed E-state index contributed by atoms with van der Waals surface area (Å²) in [4.78, 5) is 21.2. The molecule has 3 heterocycles. The molecule has 0 N–H and O–H groups in total. The minimum absolute atomic E-state index is 0.0956. The van der Waals surface area contributed by atoms with Gasteiger partial charge in [0.25, 0.3) is 5.56 Å². The second kappa shape index (κ2) is 5.89. The van der Waals surface area contributed by atoms with E-state index < -0.39 is 6.17 Å². The lowest BCUT2D eigenvalue weighted by Gasteiger charge is -2.20. The van der Waals surface area contributed by atoms with E-state index >= 15 is 0 Å². The largest absolute Gasteiger partial charge is 0.293 e. The molecule has 0 radical (unpaired) electrons. The van der Waals surface area contributed by atoms with Crippen molar-refractivity contribution in [3.8, 4) is 11.8 Å². The van der Waals surface area contributed by atoms with Gasteiger partial charge in [-0.25, -0.2) is 14.4 Å². The Bertz CT molecular complexity index is 1030. The standard InChI is InChI=1S/C19H14FN3O/c20-14-6-9-18-22-17-11-13(4-7-15-3-1-2-10-21-15)5-8-16(17)19(24)23(18)12-14/h1-3,5,8,10-11,14H,6,9,12H2. The number of hydrogen-bond donors (Lipinski definition) is 0. The molecule has 5 heteroatoms. The van der Waals surface area contributed by atoms with Crippen LogP contribution in [0.5, 0.6) is 0 Å². The molecular formula is C19H14FN3O. The molecule has 0 saturated carbocycles. The van der Waals surface area contributed by atoms with Crippen LogP contribution < -0.4 is 5.56 Å². The van der Waals surface area contributed by atoms with E-state index in [-0.39, 0.29) is 12.1 Å². The van der Waals surface area contributed by atoms with Crippen molar-refractivity contribution in [3.05, 3.63) is 70.0 Å². The molecule has 4 rings (SSSR count). The molecule has 0 fully saturated rings. The van der Waals surface area contributed by atoms with Crippen LogP contribution in [0.15, 0.2) is 47.4 Å². The van der Waals surface area contributed by atoms with E-state index in [1.54, 1.807) is 24.4 Å². The van der Waals surface area contributed by atoms with Gasteiger partial charge in [0.1, 0.15) is 17.7 Å². The van der Waals surface area contributed by atoms with E-state index in [1.165, 1.54) is 4.57 Å². The van der Waals surface area contributed by atoms with Crippen LogP contribution in [-0.4, -0.2) is 20.7 Å². The van der Waals surface area contributed by atoms with E-state index in [0.717, 1.165) is 5.56 Å². The number of pyridine rings is 1. The summed E-state index contributed by atoms with van der Waals surface area (Å²) in [6.07, 6.45) is 1.61. The maximum atomic E-state index is 13.6. The fourth-order valence-electron chi connectivity index (χ4n) is 2.87. The third kappa shape index (κ3) is 2.67. The Labute approximate surface area is 138 Å². The van der Waals surface area contributed by atoms with Crippen molar-refractivity contribution in [2.75, 3.05) is 0 Å². The first-order valence-electron chi connectivity index (χ1n) is 7.81. The minimum Gasteiger partial charge on any atom is -0.293 e. The van der Waals surface area contributed by atoms with Crippen molar-refractivity contribution in [3.63, 3.8) is 0 Å². The smallest absolute Gasteiger partial charge is 0.261 e. The van der Waals surface area contributed by atoms with Crippen molar-refractivity contribution in [1.82, 2.24) is 14.5 Å². The highest BCUT2D eigenvalue weighted by Gasteiger charge is 2.21. The normalized spacial score (nSPS) is 16.3. The lowest BCUT2D eigenvalue weighted by Crippen LogP contribution is -2.33. The highest BCUT2D eigenvalue weighted by molar-refractivity contribution is 5.79. The van der Waals surface area contributed by atoms with Crippen LogP contribution in [0.4, 0.5) is 4.39 Å². The van der Waals surface area contributed by atoms with Gasteiger partial charge < -0.3 is 0 Å². The molecule has 0 amide bonds. The van der Waals surface area contributed by atoms with Gasteiger partial charge in [-0.2, -0.15) is 0 Å². The Morgan fingerprint density at radius 1 is 1.21 bits per heavy atom. The van der Waals surface area contributed by atoms with Crippen LogP contribution in [0.25, 0.3) is 10.9 Å². The van der Waals surface area contributed by atoms with Crippen molar-refractivity contribution in [2.24, 2.45) is 0 Å². The maximum absolute atomic E-state index is 13.6. The average molecular weight is 319 g/mol. The van der Waals surface area contributed by atoms with E-state index in [0.29, 0.717) is 35.3 Å². The van der Waals surface area contributed by atoms with Gasteiger partial charge in [0.05, 0.1) is 17.4 Å². The fraction of sp³-hybridized carbons (Fsp3) is 0.211. The molecule has 1 aliphatic heterocycles. The predicted octanol–water partition coefficient (Wildman–Crippen LogP) is 2.48. The number of benzene rings is 1. The summed E-state index contributed by atoms with van der Waals surface area (Å²) in [5.41, 5.74) is 1.88. The molecule has 3 aromatic rings. The summed E-state index contributed by atoms with van der Waals surface area (Å²) in [6.45, 7) is 0.0956.